The Labute approximate surface area is 113 Å². The normalized spacial score (nSPS) is 10.9. The third-order valence-corrected chi connectivity index (χ3v) is 3.43. The van der Waals surface area contributed by atoms with E-state index in [0.29, 0.717) is 6.54 Å². The lowest BCUT2D eigenvalue weighted by Crippen LogP contribution is -2.28. The summed E-state index contributed by atoms with van der Waals surface area (Å²) < 4.78 is 1.98. The fraction of sp³-hybridized carbons (Fsp3) is 0.467. The van der Waals surface area contributed by atoms with E-state index in [4.69, 9.17) is 0 Å². The van der Waals surface area contributed by atoms with Crippen LogP contribution in [0.4, 0.5) is 0 Å². The van der Waals surface area contributed by atoms with Crippen LogP contribution >= 0.6 is 0 Å². The van der Waals surface area contributed by atoms with Crippen LogP contribution in [0.25, 0.3) is 11.0 Å². The van der Waals surface area contributed by atoms with E-state index in [-0.39, 0.29) is 5.91 Å². The van der Waals surface area contributed by atoms with E-state index in [1.54, 1.807) is 0 Å². The zero-order valence-corrected chi connectivity index (χ0v) is 12.1. The number of aromatic nitrogens is 2. The minimum atomic E-state index is 0.0440. The molecular formula is C15H21N3O. The summed E-state index contributed by atoms with van der Waals surface area (Å²) in [7, 11) is 0. The molecule has 0 fully saturated rings. The molecule has 0 aliphatic carbocycles. The Bertz CT molecular complexity index is 613. The second kappa shape index (κ2) is 5.43. The van der Waals surface area contributed by atoms with Crippen molar-refractivity contribution >= 4 is 16.9 Å². The van der Waals surface area contributed by atoms with Gasteiger partial charge in [-0.2, -0.15) is 0 Å². The van der Waals surface area contributed by atoms with Gasteiger partial charge in [-0.15, -0.1) is 0 Å². The van der Waals surface area contributed by atoms with Crippen molar-refractivity contribution in [2.45, 2.75) is 40.7 Å². The van der Waals surface area contributed by atoms with Crippen molar-refractivity contribution in [3.05, 3.63) is 29.1 Å². The van der Waals surface area contributed by atoms with E-state index < -0.39 is 0 Å². The Morgan fingerprint density at radius 2 is 1.95 bits per heavy atom. The Balaban J connectivity index is 2.34. The number of carbonyl (C=O) groups is 1. The molecule has 0 unspecified atom stereocenters. The summed E-state index contributed by atoms with van der Waals surface area (Å²) in [6.07, 6.45) is 0.952. The number of carbonyl (C=O) groups excluding carboxylic acids is 1. The standard InChI is InChI=1S/C15H21N3O/c1-5-6-16-15(19)9-18-12(4)17-13-7-10(2)11(3)8-14(13)18/h7-8H,5-6,9H2,1-4H3,(H,16,19). The number of hydrogen-bond acceptors (Lipinski definition) is 2. The smallest absolute Gasteiger partial charge is 0.240 e. The van der Waals surface area contributed by atoms with Crippen molar-refractivity contribution in [2.24, 2.45) is 0 Å². The molecule has 0 bridgehead atoms. The largest absolute Gasteiger partial charge is 0.355 e. The first-order chi connectivity index (χ1) is 9.02. The van der Waals surface area contributed by atoms with E-state index in [0.717, 1.165) is 29.8 Å². The molecule has 1 N–H and O–H groups in total. The number of benzene rings is 1. The minimum absolute atomic E-state index is 0.0440. The zero-order valence-electron chi connectivity index (χ0n) is 12.1. The highest BCUT2D eigenvalue weighted by Crippen LogP contribution is 2.20. The Hall–Kier alpha value is -1.84. The SMILES string of the molecule is CCCNC(=O)Cn1c(C)nc2cc(C)c(C)cc21. The highest BCUT2D eigenvalue weighted by Gasteiger charge is 2.11. The predicted molar refractivity (Wildman–Crippen MR) is 77.2 cm³/mol. The quantitative estimate of drug-likeness (QED) is 0.917. The first-order valence-corrected chi connectivity index (χ1v) is 6.73. The van der Waals surface area contributed by atoms with Gasteiger partial charge in [-0.25, -0.2) is 4.98 Å². The minimum Gasteiger partial charge on any atom is -0.355 e. The van der Waals surface area contributed by atoms with Gasteiger partial charge in [-0.1, -0.05) is 6.92 Å². The van der Waals surface area contributed by atoms with Gasteiger partial charge < -0.3 is 9.88 Å². The monoisotopic (exact) mass is 259 g/mol. The summed E-state index contributed by atoms with van der Waals surface area (Å²) in [4.78, 5) is 16.4. The van der Waals surface area contributed by atoms with Crippen molar-refractivity contribution in [1.82, 2.24) is 14.9 Å². The number of rotatable bonds is 4. The first kappa shape index (κ1) is 13.6. The average Bonchev–Trinajstić information content (AvgIpc) is 2.64. The van der Waals surface area contributed by atoms with Crippen molar-refractivity contribution in [3.63, 3.8) is 0 Å². The van der Waals surface area contributed by atoms with Gasteiger partial charge in [0.15, 0.2) is 0 Å². The van der Waals surface area contributed by atoms with Gasteiger partial charge in [-0.05, 0) is 50.5 Å². The van der Waals surface area contributed by atoms with Crippen LogP contribution in [0.2, 0.25) is 0 Å². The fourth-order valence-electron chi connectivity index (χ4n) is 2.16. The van der Waals surface area contributed by atoms with Crippen molar-refractivity contribution < 1.29 is 4.79 Å². The molecule has 2 rings (SSSR count). The van der Waals surface area contributed by atoms with Gasteiger partial charge >= 0.3 is 0 Å². The number of amides is 1. The molecule has 19 heavy (non-hydrogen) atoms. The van der Waals surface area contributed by atoms with E-state index >= 15 is 0 Å². The molecule has 4 nitrogen and oxygen atoms in total. The second-order valence-electron chi connectivity index (χ2n) is 5.02. The molecule has 0 spiro atoms. The van der Waals surface area contributed by atoms with Crippen molar-refractivity contribution in [1.29, 1.82) is 0 Å². The highest BCUT2D eigenvalue weighted by atomic mass is 16.1. The number of fused-ring (bicyclic) bond motifs is 1. The lowest BCUT2D eigenvalue weighted by molar-refractivity contribution is -0.121. The van der Waals surface area contributed by atoms with Crippen molar-refractivity contribution in [3.8, 4) is 0 Å². The first-order valence-electron chi connectivity index (χ1n) is 6.73. The topological polar surface area (TPSA) is 46.9 Å². The Morgan fingerprint density at radius 1 is 1.26 bits per heavy atom. The molecule has 0 aliphatic rings. The predicted octanol–water partition coefficient (Wildman–Crippen LogP) is 2.49. The third kappa shape index (κ3) is 2.78. The molecule has 0 saturated carbocycles. The molecule has 102 valence electrons. The van der Waals surface area contributed by atoms with Crippen LogP contribution in [-0.4, -0.2) is 22.0 Å². The molecular weight excluding hydrogens is 238 g/mol. The molecule has 4 heteroatoms. The maximum Gasteiger partial charge on any atom is 0.240 e. The third-order valence-electron chi connectivity index (χ3n) is 3.43. The highest BCUT2D eigenvalue weighted by molar-refractivity contribution is 5.82. The summed E-state index contributed by atoms with van der Waals surface area (Å²) in [6.45, 7) is 9.21. The van der Waals surface area contributed by atoms with Crippen LogP contribution in [0.15, 0.2) is 12.1 Å². The Kier molecular flexibility index (Phi) is 3.88. The maximum atomic E-state index is 11.9. The van der Waals surface area contributed by atoms with Crippen LogP contribution in [0, 0.1) is 20.8 Å². The van der Waals surface area contributed by atoms with Crippen molar-refractivity contribution in [2.75, 3.05) is 6.54 Å². The molecule has 0 aliphatic heterocycles. The summed E-state index contributed by atoms with van der Waals surface area (Å²) in [5, 5.41) is 2.90. The van der Waals surface area contributed by atoms with Gasteiger partial charge in [0, 0.05) is 6.54 Å². The lowest BCUT2D eigenvalue weighted by Gasteiger charge is -2.08. The summed E-state index contributed by atoms with van der Waals surface area (Å²) in [6, 6.07) is 4.19. The van der Waals surface area contributed by atoms with Gasteiger partial charge in [0.05, 0.1) is 11.0 Å². The van der Waals surface area contributed by atoms with E-state index in [2.05, 4.69) is 36.3 Å². The molecule has 1 aromatic heterocycles. The number of nitrogens with zero attached hydrogens (tertiary/aromatic N) is 2. The number of imidazole rings is 1. The van der Waals surface area contributed by atoms with Crippen LogP contribution in [0.1, 0.15) is 30.3 Å². The Morgan fingerprint density at radius 3 is 2.63 bits per heavy atom. The molecule has 2 aromatic rings. The molecule has 0 radical (unpaired) electrons. The van der Waals surface area contributed by atoms with Crippen LogP contribution in [0.5, 0.6) is 0 Å². The molecule has 0 atom stereocenters. The second-order valence-corrected chi connectivity index (χ2v) is 5.02. The molecule has 1 heterocycles. The van der Waals surface area contributed by atoms with E-state index in [9.17, 15) is 4.79 Å². The van der Waals surface area contributed by atoms with Gasteiger partial charge in [0.2, 0.25) is 5.91 Å². The summed E-state index contributed by atoms with van der Waals surface area (Å²) >= 11 is 0. The van der Waals surface area contributed by atoms with Crippen LogP contribution in [0.3, 0.4) is 0 Å². The summed E-state index contributed by atoms with van der Waals surface area (Å²) in [5.41, 5.74) is 4.45. The summed E-state index contributed by atoms with van der Waals surface area (Å²) in [5.74, 6) is 0.925. The fourth-order valence-corrected chi connectivity index (χ4v) is 2.16. The number of aryl methyl sites for hydroxylation is 3. The maximum absolute atomic E-state index is 11.9. The van der Waals surface area contributed by atoms with Gasteiger partial charge in [0.25, 0.3) is 0 Å². The molecule has 0 saturated heterocycles. The average molecular weight is 259 g/mol. The zero-order chi connectivity index (χ0) is 14.0. The van der Waals surface area contributed by atoms with Gasteiger partial charge in [-0.3, -0.25) is 4.79 Å². The van der Waals surface area contributed by atoms with Crippen LogP contribution in [-0.2, 0) is 11.3 Å². The van der Waals surface area contributed by atoms with E-state index in [1.165, 1.54) is 11.1 Å². The van der Waals surface area contributed by atoms with Gasteiger partial charge in [0.1, 0.15) is 12.4 Å². The number of hydrogen-bond donors (Lipinski definition) is 1. The van der Waals surface area contributed by atoms with E-state index in [1.807, 2.05) is 18.4 Å². The van der Waals surface area contributed by atoms with Crippen LogP contribution < -0.4 is 5.32 Å². The molecule has 1 amide bonds. The number of nitrogens with one attached hydrogen (secondary N) is 1. The molecule has 1 aromatic carbocycles. The lowest BCUT2D eigenvalue weighted by atomic mass is 10.1.